The Labute approximate surface area is 219 Å². The molecule has 36 heavy (non-hydrogen) atoms. The summed E-state index contributed by atoms with van der Waals surface area (Å²) >= 11 is 3.43. The van der Waals surface area contributed by atoms with Gasteiger partial charge in [-0.1, -0.05) is 40.7 Å². The fourth-order valence-electron chi connectivity index (χ4n) is 6.46. The lowest BCUT2D eigenvalue weighted by molar-refractivity contribution is -0.293. The van der Waals surface area contributed by atoms with Gasteiger partial charge in [0.1, 0.15) is 36.6 Å². The minimum atomic E-state index is -0.847. The van der Waals surface area contributed by atoms with E-state index in [1.165, 1.54) is 0 Å². The Morgan fingerprint density at radius 1 is 1.06 bits per heavy atom. The third kappa shape index (κ3) is 4.68. The van der Waals surface area contributed by atoms with E-state index in [9.17, 15) is 9.90 Å². The molecule has 8 nitrogen and oxygen atoms in total. The van der Waals surface area contributed by atoms with Crippen LogP contribution in [0.5, 0.6) is 0 Å². The van der Waals surface area contributed by atoms with Crippen molar-refractivity contribution in [2.45, 2.75) is 106 Å². The Bertz CT molecular complexity index is 974. The van der Waals surface area contributed by atoms with Crippen LogP contribution in [0.25, 0.3) is 0 Å². The van der Waals surface area contributed by atoms with Crippen molar-refractivity contribution in [1.29, 1.82) is 0 Å². The van der Waals surface area contributed by atoms with Crippen LogP contribution in [-0.4, -0.2) is 78.4 Å². The molecule has 9 heteroatoms. The molecule has 6 aliphatic rings. The summed E-state index contributed by atoms with van der Waals surface area (Å²) in [6.07, 6.45) is 2.84. The van der Waals surface area contributed by atoms with Crippen LogP contribution in [0.15, 0.2) is 41.4 Å². The summed E-state index contributed by atoms with van der Waals surface area (Å²) in [5.74, 6) is -1.21. The third-order valence-electron chi connectivity index (χ3n) is 8.06. The van der Waals surface area contributed by atoms with Gasteiger partial charge in [-0.25, -0.2) is 4.79 Å². The van der Waals surface area contributed by atoms with Gasteiger partial charge >= 0.3 is 5.97 Å². The van der Waals surface area contributed by atoms with Gasteiger partial charge in [0, 0.05) is 25.9 Å². The maximum Gasteiger partial charge on any atom is 0.338 e. The molecule has 6 aliphatic heterocycles. The highest BCUT2D eigenvalue weighted by atomic mass is 79.9. The number of carbonyl (C=O) groups excluding carboxylic acids is 1. The van der Waals surface area contributed by atoms with Crippen LogP contribution in [0.3, 0.4) is 0 Å². The molecular formula is C27H33BrO8. The number of aliphatic hydroxyl groups excluding tert-OH is 1. The SMILES string of the molecule is C=C(Br)C[C@H](CC[C@@]12C[C@H]3O[C@H]4[C@@H](O1)[C@H]1OC(CCO)CC[C@@H]1O[C@H]4[C@H]3O2)OC(=O)c1ccccc1. The first kappa shape index (κ1) is 25.0. The quantitative estimate of drug-likeness (QED) is 0.454. The van der Waals surface area contributed by atoms with Crippen molar-refractivity contribution in [2.75, 3.05) is 6.61 Å². The van der Waals surface area contributed by atoms with E-state index in [1.54, 1.807) is 12.1 Å². The molecule has 0 aliphatic carbocycles. The topological polar surface area (TPSA) is 92.7 Å². The number of aliphatic hydroxyl groups is 1. The van der Waals surface area contributed by atoms with Gasteiger partial charge in [0.2, 0.25) is 0 Å². The summed E-state index contributed by atoms with van der Waals surface area (Å²) in [5.41, 5.74) is 0.516. The highest BCUT2D eigenvalue weighted by Crippen LogP contribution is 2.54. The highest BCUT2D eigenvalue weighted by Gasteiger charge is 2.68. The van der Waals surface area contributed by atoms with Gasteiger partial charge in [-0.3, -0.25) is 0 Å². The normalized spacial score (nSPS) is 40.9. The molecule has 0 spiro atoms. The van der Waals surface area contributed by atoms with Gasteiger partial charge in [0.15, 0.2) is 5.79 Å². The zero-order chi connectivity index (χ0) is 24.9. The van der Waals surface area contributed by atoms with E-state index >= 15 is 0 Å². The first-order chi connectivity index (χ1) is 17.4. The van der Waals surface area contributed by atoms with Gasteiger partial charge in [-0.15, -0.1) is 0 Å². The molecule has 10 atom stereocenters. The van der Waals surface area contributed by atoms with E-state index in [0.29, 0.717) is 37.7 Å². The average Bonchev–Trinajstić information content (AvgIpc) is 3.28. The van der Waals surface area contributed by atoms with Crippen LogP contribution in [0, 0.1) is 0 Å². The number of esters is 1. The standard InChI is InChI=1S/C27H33BrO8/c1-15(28)13-18(32-26(30)16-5-3-2-4-6-16)9-11-27-14-20-22(35-27)23-24(34-20)25(36-27)21-19(33-23)8-7-17(31-21)10-12-29/h2-6,17-25,29H,1,7-14H2/t17?,18-,19-,20+,21-,22-,23-,24+,25-,27-/m0/s1. The number of carbonyl (C=O) groups is 1. The Balaban J connectivity index is 1.18. The van der Waals surface area contributed by atoms with Crippen LogP contribution in [0.2, 0.25) is 0 Å². The highest BCUT2D eigenvalue weighted by molar-refractivity contribution is 9.11. The zero-order valence-corrected chi connectivity index (χ0v) is 21.7. The fraction of sp³-hybridized carbons (Fsp3) is 0.667. The van der Waals surface area contributed by atoms with Crippen molar-refractivity contribution in [3.63, 3.8) is 0 Å². The molecule has 6 saturated heterocycles. The largest absolute Gasteiger partial charge is 0.458 e. The summed E-state index contributed by atoms with van der Waals surface area (Å²) in [5, 5.41) is 9.42. The first-order valence-corrected chi connectivity index (χ1v) is 13.8. The maximum absolute atomic E-state index is 12.7. The molecule has 6 fully saturated rings. The van der Waals surface area contributed by atoms with E-state index in [1.807, 2.05) is 18.2 Å². The maximum atomic E-state index is 12.7. The molecule has 0 radical (unpaired) electrons. The van der Waals surface area contributed by atoms with Gasteiger partial charge in [-0.2, -0.15) is 0 Å². The third-order valence-corrected chi connectivity index (χ3v) is 8.38. The molecule has 1 aromatic rings. The summed E-state index contributed by atoms with van der Waals surface area (Å²) in [6, 6.07) is 8.99. The zero-order valence-electron chi connectivity index (χ0n) is 20.1. The number of hydrogen-bond acceptors (Lipinski definition) is 8. The van der Waals surface area contributed by atoms with Crippen molar-refractivity contribution in [3.05, 3.63) is 47.0 Å². The van der Waals surface area contributed by atoms with Crippen LogP contribution in [0.4, 0.5) is 0 Å². The van der Waals surface area contributed by atoms with Gasteiger partial charge in [-0.05, 0) is 42.3 Å². The molecule has 1 aromatic carbocycles. The second-order valence-electron chi connectivity index (χ2n) is 10.5. The Morgan fingerprint density at radius 2 is 1.81 bits per heavy atom. The van der Waals surface area contributed by atoms with Crippen molar-refractivity contribution in [1.82, 2.24) is 0 Å². The molecule has 7 rings (SSSR count). The predicted octanol–water partition coefficient (Wildman–Crippen LogP) is 3.64. The molecule has 0 aromatic heterocycles. The molecule has 0 saturated carbocycles. The molecule has 196 valence electrons. The average molecular weight is 565 g/mol. The lowest BCUT2D eigenvalue weighted by atomic mass is 9.87. The second kappa shape index (κ2) is 10.1. The Hall–Kier alpha value is -1.33. The second-order valence-corrected chi connectivity index (χ2v) is 11.6. The van der Waals surface area contributed by atoms with Crippen LogP contribution < -0.4 is 0 Å². The van der Waals surface area contributed by atoms with Gasteiger partial charge < -0.3 is 33.5 Å². The van der Waals surface area contributed by atoms with Crippen molar-refractivity contribution in [2.24, 2.45) is 0 Å². The first-order valence-electron chi connectivity index (χ1n) is 13.0. The lowest BCUT2D eigenvalue weighted by Crippen LogP contribution is -2.61. The van der Waals surface area contributed by atoms with E-state index in [4.69, 9.17) is 28.4 Å². The number of benzene rings is 1. The van der Waals surface area contributed by atoms with Crippen LogP contribution in [-0.2, 0) is 28.4 Å². The lowest BCUT2D eigenvalue weighted by Gasteiger charge is -2.47. The van der Waals surface area contributed by atoms with E-state index in [-0.39, 0.29) is 67.5 Å². The van der Waals surface area contributed by atoms with E-state index in [2.05, 4.69) is 22.5 Å². The summed E-state index contributed by atoms with van der Waals surface area (Å²) < 4.78 is 39.2. The molecule has 6 bridgehead atoms. The molecule has 0 amide bonds. The smallest absolute Gasteiger partial charge is 0.338 e. The number of halogens is 1. The molecule has 1 N–H and O–H groups in total. The number of rotatable bonds is 9. The minimum absolute atomic E-state index is 0.0148. The minimum Gasteiger partial charge on any atom is -0.458 e. The molecule has 1 unspecified atom stereocenters. The molecular weight excluding hydrogens is 532 g/mol. The monoisotopic (exact) mass is 564 g/mol. The summed E-state index contributed by atoms with van der Waals surface area (Å²) in [7, 11) is 0. The van der Waals surface area contributed by atoms with Crippen molar-refractivity contribution < 1.29 is 38.3 Å². The Kier molecular flexibility index (Phi) is 7.00. The van der Waals surface area contributed by atoms with Crippen LogP contribution in [0.1, 0.15) is 55.3 Å². The van der Waals surface area contributed by atoms with E-state index in [0.717, 1.165) is 17.3 Å². The van der Waals surface area contributed by atoms with Crippen LogP contribution >= 0.6 is 15.9 Å². The fourth-order valence-corrected chi connectivity index (χ4v) is 6.82. The number of hydrogen-bond donors (Lipinski definition) is 1. The predicted molar refractivity (Wildman–Crippen MR) is 132 cm³/mol. The van der Waals surface area contributed by atoms with Gasteiger partial charge in [0.05, 0.1) is 23.9 Å². The summed E-state index contributed by atoms with van der Waals surface area (Å²) in [6.45, 7) is 4.05. The summed E-state index contributed by atoms with van der Waals surface area (Å²) in [4.78, 5) is 12.7. The Morgan fingerprint density at radius 3 is 2.58 bits per heavy atom. The van der Waals surface area contributed by atoms with Crippen molar-refractivity contribution in [3.8, 4) is 0 Å². The number of fused-ring (bicyclic) bond motifs is 1. The van der Waals surface area contributed by atoms with E-state index < -0.39 is 5.79 Å². The molecule has 6 heterocycles. The van der Waals surface area contributed by atoms with Gasteiger partial charge in [0.25, 0.3) is 0 Å². The van der Waals surface area contributed by atoms with Crippen molar-refractivity contribution >= 4 is 21.9 Å². The number of ether oxygens (including phenoxy) is 6.